The van der Waals surface area contributed by atoms with E-state index < -0.39 is 0 Å². The van der Waals surface area contributed by atoms with Crippen molar-refractivity contribution in [3.8, 4) is 0 Å². The van der Waals surface area contributed by atoms with Crippen molar-refractivity contribution in [2.24, 2.45) is 0 Å². The van der Waals surface area contributed by atoms with Gasteiger partial charge in [0.25, 0.3) is 0 Å². The normalized spacial score (nSPS) is 9.11. The van der Waals surface area contributed by atoms with Crippen LogP contribution in [-0.2, 0) is 0 Å². The largest absolute Gasteiger partial charge is 0.199 e. The average molecular weight is 123 g/mol. The van der Waals surface area contributed by atoms with Gasteiger partial charge in [0.2, 0.25) is 0 Å². The van der Waals surface area contributed by atoms with E-state index in [9.17, 15) is 0 Å². The molecule has 1 rings (SSSR count). The summed E-state index contributed by atoms with van der Waals surface area (Å²) in [6, 6.07) is 6.00. The van der Waals surface area contributed by atoms with Gasteiger partial charge in [-0.25, -0.2) is 0 Å². The lowest BCUT2D eigenvalue weighted by Crippen LogP contribution is -2.51. The molecule has 0 atom stereocenters. The van der Waals surface area contributed by atoms with E-state index in [1.807, 2.05) is 54.4 Å². The molecule has 0 radical (unpaired) electrons. The van der Waals surface area contributed by atoms with E-state index >= 15 is 0 Å². The summed E-state index contributed by atoms with van der Waals surface area (Å²) in [5.74, 6) is 0. The summed E-state index contributed by atoms with van der Waals surface area (Å²) in [6.45, 7) is 0. The van der Waals surface area contributed by atoms with Crippen molar-refractivity contribution in [3.05, 3.63) is 30.6 Å². The second kappa shape index (κ2) is 2.49. The molecule has 0 fully saturated rings. The minimum atomic E-state index is 2.00. The summed E-state index contributed by atoms with van der Waals surface area (Å²) >= 11 is 0. The highest BCUT2D eigenvalue weighted by Crippen LogP contribution is 1.74. The van der Waals surface area contributed by atoms with Crippen LogP contribution in [0.15, 0.2) is 30.6 Å². The molecular weight excluding hydrogens is 112 g/mol. The summed E-state index contributed by atoms with van der Waals surface area (Å²) in [4.78, 5) is 0. The zero-order valence-corrected chi connectivity index (χ0v) is 5.78. The number of pyridine rings is 1. The predicted molar refractivity (Wildman–Crippen MR) is 36.7 cm³/mol. The van der Waals surface area contributed by atoms with E-state index in [0.29, 0.717) is 0 Å². The Kier molecular flexibility index (Phi) is 1.68. The average Bonchev–Trinajstić information content (AvgIpc) is 1.90. The number of aromatic nitrogens is 1. The first-order chi connectivity index (χ1) is 4.30. The molecule has 0 aliphatic carbocycles. The maximum Gasteiger partial charge on any atom is 0.199 e. The van der Waals surface area contributed by atoms with E-state index in [-0.39, 0.29) is 0 Å². The second-order valence-corrected chi connectivity index (χ2v) is 2.10. The molecule has 0 aromatic carbocycles. The van der Waals surface area contributed by atoms with Crippen molar-refractivity contribution >= 4 is 0 Å². The highest BCUT2D eigenvalue weighted by atomic mass is 15.5. The zero-order chi connectivity index (χ0) is 6.69. The topological polar surface area (TPSA) is 7.12 Å². The van der Waals surface area contributed by atoms with Gasteiger partial charge in [-0.3, -0.25) is 0 Å². The van der Waals surface area contributed by atoms with Crippen LogP contribution in [0.1, 0.15) is 0 Å². The van der Waals surface area contributed by atoms with Crippen molar-refractivity contribution in [2.75, 3.05) is 19.1 Å². The molecule has 48 valence electrons. The molecule has 0 saturated carbocycles. The highest BCUT2D eigenvalue weighted by molar-refractivity contribution is 4.84. The number of hydrogen-bond acceptors (Lipinski definition) is 1. The van der Waals surface area contributed by atoms with Crippen LogP contribution in [0.4, 0.5) is 0 Å². The first-order valence-electron chi connectivity index (χ1n) is 2.94. The molecule has 0 unspecified atom stereocenters. The van der Waals surface area contributed by atoms with E-state index in [4.69, 9.17) is 0 Å². The van der Waals surface area contributed by atoms with Crippen molar-refractivity contribution < 1.29 is 4.68 Å². The van der Waals surface area contributed by atoms with Crippen LogP contribution in [0.5, 0.6) is 0 Å². The fourth-order valence-corrected chi connectivity index (χ4v) is 0.656. The lowest BCUT2D eigenvalue weighted by Gasteiger charge is -2.02. The Morgan fingerprint density at radius 1 is 1.00 bits per heavy atom. The minimum absolute atomic E-state index is 2.00. The van der Waals surface area contributed by atoms with Crippen LogP contribution in [0.2, 0.25) is 0 Å². The standard InChI is InChI=1S/C7H11N2/c1-8(2)9-6-4-3-5-7-9/h3-7H,1-2H3/q+1. The molecular formula is C7H11N2+. The minimum Gasteiger partial charge on any atom is -0.187 e. The lowest BCUT2D eigenvalue weighted by molar-refractivity contribution is -0.687. The van der Waals surface area contributed by atoms with Crippen LogP contribution in [-0.4, -0.2) is 14.1 Å². The molecule has 1 heterocycles. The van der Waals surface area contributed by atoms with Gasteiger partial charge < -0.3 is 0 Å². The summed E-state index contributed by atoms with van der Waals surface area (Å²) in [5, 5.41) is 2.00. The van der Waals surface area contributed by atoms with E-state index in [2.05, 4.69) is 0 Å². The Balaban J connectivity index is 2.85. The molecule has 0 spiro atoms. The molecule has 0 N–H and O–H groups in total. The summed E-state index contributed by atoms with van der Waals surface area (Å²) in [7, 11) is 4.00. The van der Waals surface area contributed by atoms with Gasteiger partial charge in [-0.1, -0.05) is 10.7 Å². The SMILES string of the molecule is CN(C)[n+]1ccccc1. The summed E-state index contributed by atoms with van der Waals surface area (Å²) in [6.07, 6.45) is 4.00. The van der Waals surface area contributed by atoms with E-state index in [0.717, 1.165) is 0 Å². The fraction of sp³-hybridized carbons (Fsp3) is 0.286. The maximum atomic E-state index is 2.00. The van der Waals surface area contributed by atoms with Gasteiger partial charge in [0, 0.05) is 12.1 Å². The van der Waals surface area contributed by atoms with Gasteiger partial charge in [-0.05, 0) is 0 Å². The highest BCUT2D eigenvalue weighted by Gasteiger charge is 1.95. The van der Waals surface area contributed by atoms with Crippen molar-refractivity contribution in [1.29, 1.82) is 0 Å². The van der Waals surface area contributed by atoms with Crippen LogP contribution in [0.25, 0.3) is 0 Å². The van der Waals surface area contributed by atoms with Gasteiger partial charge in [-0.2, -0.15) is 5.01 Å². The Morgan fingerprint density at radius 3 is 1.89 bits per heavy atom. The third-order valence-electron chi connectivity index (χ3n) is 1.16. The molecule has 0 aliphatic heterocycles. The monoisotopic (exact) mass is 123 g/mol. The van der Waals surface area contributed by atoms with Crippen LogP contribution >= 0.6 is 0 Å². The van der Waals surface area contributed by atoms with Crippen molar-refractivity contribution in [2.45, 2.75) is 0 Å². The van der Waals surface area contributed by atoms with Crippen LogP contribution in [0, 0.1) is 0 Å². The molecule has 1 aromatic rings. The molecule has 0 saturated heterocycles. The smallest absolute Gasteiger partial charge is 0.187 e. The third kappa shape index (κ3) is 1.42. The molecule has 0 bridgehead atoms. The Bertz CT molecular complexity index is 170. The number of nitrogens with zero attached hydrogens (tertiary/aromatic N) is 2. The van der Waals surface area contributed by atoms with Gasteiger partial charge in [0.1, 0.15) is 0 Å². The molecule has 0 aliphatic rings. The van der Waals surface area contributed by atoms with Gasteiger partial charge in [0.05, 0.1) is 14.1 Å². The lowest BCUT2D eigenvalue weighted by atomic mass is 10.5. The predicted octanol–water partition coefficient (Wildman–Crippen LogP) is 0.172. The van der Waals surface area contributed by atoms with E-state index in [1.165, 1.54) is 0 Å². The Labute approximate surface area is 55.3 Å². The fourth-order valence-electron chi connectivity index (χ4n) is 0.656. The summed E-state index contributed by atoms with van der Waals surface area (Å²) in [5.41, 5.74) is 0. The molecule has 2 heteroatoms. The van der Waals surface area contributed by atoms with Crippen LogP contribution in [0.3, 0.4) is 0 Å². The third-order valence-corrected chi connectivity index (χ3v) is 1.16. The maximum absolute atomic E-state index is 2.00. The van der Waals surface area contributed by atoms with Gasteiger partial charge in [0.15, 0.2) is 12.4 Å². The Hall–Kier alpha value is -1.05. The molecule has 1 aromatic heterocycles. The molecule has 2 nitrogen and oxygen atoms in total. The Morgan fingerprint density at radius 2 is 1.56 bits per heavy atom. The molecule has 9 heavy (non-hydrogen) atoms. The van der Waals surface area contributed by atoms with Crippen molar-refractivity contribution in [3.63, 3.8) is 0 Å². The van der Waals surface area contributed by atoms with E-state index in [1.54, 1.807) is 0 Å². The number of rotatable bonds is 1. The second-order valence-electron chi connectivity index (χ2n) is 2.10. The summed E-state index contributed by atoms with van der Waals surface area (Å²) < 4.78 is 2.00. The van der Waals surface area contributed by atoms with Gasteiger partial charge in [-0.15, -0.1) is 0 Å². The van der Waals surface area contributed by atoms with Gasteiger partial charge >= 0.3 is 0 Å². The zero-order valence-electron chi connectivity index (χ0n) is 5.78. The first kappa shape index (κ1) is 6.08. The van der Waals surface area contributed by atoms with Crippen molar-refractivity contribution in [1.82, 2.24) is 0 Å². The quantitative estimate of drug-likeness (QED) is 0.483. The van der Waals surface area contributed by atoms with Crippen LogP contribution < -0.4 is 9.69 Å². The first-order valence-corrected chi connectivity index (χ1v) is 2.94. The molecule has 0 amide bonds. The number of hydrogen-bond donors (Lipinski definition) is 0.